The third kappa shape index (κ3) is 0.986. The third-order valence-electron chi connectivity index (χ3n) is 1.91. The van der Waals surface area contributed by atoms with Gasteiger partial charge in [-0.15, -0.1) is 0 Å². The first kappa shape index (κ1) is 9.24. The van der Waals surface area contributed by atoms with Crippen LogP contribution in [0, 0.1) is 5.41 Å². The molecule has 0 saturated carbocycles. The highest BCUT2D eigenvalue weighted by Gasteiger charge is 2.57. The summed E-state index contributed by atoms with van der Waals surface area (Å²) in [4.78, 5) is 32.0. The van der Waals surface area contributed by atoms with Crippen LogP contribution in [0.25, 0.3) is 0 Å². The van der Waals surface area contributed by atoms with Gasteiger partial charge in [0, 0.05) is 0 Å². The lowest BCUT2D eigenvalue weighted by atomic mass is 9.84. The minimum atomic E-state index is -2.31. The van der Waals surface area contributed by atoms with Crippen molar-refractivity contribution in [1.82, 2.24) is 0 Å². The topological polar surface area (TPSA) is 101 Å². The zero-order valence-corrected chi connectivity index (χ0v) is 6.44. The SMILES string of the molecule is C=C1C(=O)OCC1(C(=O)O)C(=O)O. The maximum Gasteiger partial charge on any atom is 0.335 e. The number of carboxylic acids is 2. The zero-order valence-electron chi connectivity index (χ0n) is 6.44. The summed E-state index contributed by atoms with van der Waals surface area (Å²) in [5.74, 6) is -4.27. The first-order chi connectivity index (χ1) is 5.93. The van der Waals surface area contributed by atoms with Crippen molar-refractivity contribution in [3.8, 4) is 0 Å². The van der Waals surface area contributed by atoms with Crippen molar-refractivity contribution in [2.24, 2.45) is 5.41 Å². The molecule has 1 rings (SSSR count). The summed E-state index contributed by atoms with van der Waals surface area (Å²) in [6.45, 7) is 2.40. The molecular formula is C7H6O6. The zero-order chi connectivity index (χ0) is 10.2. The number of aliphatic carboxylic acids is 2. The summed E-state index contributed by atoms with van der Waals surface area (Å²) >= 11 is 0. The molecular weight excluding hydrogens is 180 g/mol. The molecule has 1 saturated heterocycles. The average molecular weight is 186 g/mol. The minimum absolute atomic E-state index is 0.549. The smallest absolute Gasteiger partial charge is 0.335 e. The molecule has 1 fully saturated rings. The van der Waals surface area contributed by atoms with Crippen molar-refractivity contribution in [2.75, 3.05) is 6.61 Å². The highest BCUT2D eigenvalue weighted by atomic mass is 16.5. The molecule has 70 valence electrons. The fourth-order valence-corrected chi connectivity index (χ4v) is 0.995. The number of esters is 1. The number of ether oxygens (including phenoxy) is 1. The van der Waals surface area contributed by atoms with E-state index < -0.39 is 35.5 Å². The fraction of sp³-hybridized carbons (Fsp3) is 0.286. The van der Waals surface area contributed by atoms with Crippen LogP contribution in [-0.2, 0) is 19.1 Å². The molecule has 1 heterocycles. The molecule has 0 unspecified atom stereocenters. The summed E-state index contributed by atoms with van der Waals surface area (Å²) < 4.78 is 4.30. The third-order valence-corrected chi connectivity index (χ3v) is 1.91. The molecule has 0 amide bonds. The van der Waals surface area contributed by atoms with Crippen LogP contribution in [0.1, 0.15) is 0 Å². The summed E-state index contributed by atoms with van der Waals surface area (Å²) in [6.07, 6.45) is 0. The Kier molecular flexibility index (Phi) is 1.83. The number of carbonyl (C=O) groups excluding carboxylic acids is 1. The van der Waals surface area contributed by atoms with Crippen LogP contribution < -0.4 is 0 Å². The quantitative estimate of drug-likeness (QED) is 0.334. The highest BCUT2D eigenvalue weighted by molar-refractivity contribution is 6.12. The summed E-state index contributed by atoms with van der Waals surface area (Å²) in [5.41, 5.74) is -2.86. The lowest BCUT2D eigenvalue weighted by Gasteiger charge is -2.14. The first-order valence-electron chi connectivity index (χ1n) is 3.26. The summed E-state index contributed by atoms with van der Waals surface area (Å²) in [6, 6.07) is 0. The molecule has 0 aromatic rings. The van der Waals surface area contributed by atoms with Crippen LogP contribution >= 0.6 is 0 Å². The summed E-state index contributed by atoms with van der Waals surface area (Å²) in [7, 11) is 0. The van der Waals surface area contributed by atoms with Gasteiger partial charge in [-0.2, -0.15) is 0 Å². The molecule has 0 aromatic heterocycles. The summed E-state index contributed by atoms with van der Waals surface area (Å²) in [5, 5.41) is 17.3. The first-order valence-corrected chi connectivity index (χ1v) is 3.26. The molecule has 6 nitrogen and oxygen atoms in total. The number of carboxylic acid groups (broad SMARTS) is 2. The fourth-order valence-electron chi connectivity index (χ4n) is 0.995. The van der Waals surface area contributed by atoms with Crippen molar-refractivity contribution < 1.29 is 29.3 Å². The van der Waals surface area contributed by atoms with E-state index in [0.29, 0.717) is 0 Å². The van der Waals surface area contributed by atoms with Gasteiger partial charge in [-0.25, -0.2) is 4.79 Å². The molecule has 1 aliphatic rings. The van der Waals surface area contributed by atoms with Gasteiger partial charge < -0.3 is 14.9 Å². The Labute approximate surface area is 72.4 Å². The van der Waals surface area contributed by atoms with E-state index in [9.17, 15) is 14.4 Å². The molecule has 0 bridgehead atoms. The molecule has 13 heavy (non-hydrogen) atoms. The molecule has 0 aromatic carbocycles. The van der Waals surface area contributed by atoms with E-state index >= 15 is 0 Å². The van der Waals surface area contributed by atoms with Gasteiger partial charge in [-0.3, -0.25) is 9.59 Å². The van der Waals surface area contributed by atoms with Gasteiger partial charge in [0.1, 0.15) is 6.61 Å². The maximum absolute atomic E-state index is 10.8. The molecule has 0 radical (unpaired) electrons. The Hall–Kier alpha value is -1.85. The van der Waals surface area contributed by atoms with Gasteiger partial charge in [0.25, 0.3) is 0 Å². The van der Waals surface area contributed by atoms with Crippen molar-refractivity contribution in [1.29, 1.82) is 0 Å². The van der Waals surface area contributed by atoms with Crippen LogP contribution in [0.3, 0.4) is 0 Å². The normalized spacial score (nSPS) is 19.7. The number of hydrogen-bond donors (Lipinski definition) is 2. The molecule has 0 atom stereocenters. The number of cyclic esters (lactones) is 1. The van der Waals surface area contributed by atoms with E-state index in [0.717, 1.165) is 0 Å². The predicted octanol–water partition coefficient (Wildman–Crippen LogP) is -0.745. The van der Waals surface area contributed by atoms with E-state index in [1.54, 1.807) is 0 Å². The van der Waals surface area contributed by atoms with Gasteiger partial charge >= 0.3 is 17.9 Å². The van der Waals surface area contributed by atoms with E-state index in [2.05, 4.69) is 11.3 Å². The van der Waals surface area contributed by atoms with Crippen molar-refractivity contribution in [3.63, 3.8) is 0 Å². The van der Waals surface area contributed by atoms with Crippen LogP contribution in [0.5, 0.6) is 0 Å². The molecule has 1 aliphatic heterocycles. The predicted molar refractivity (Wildman–Crippen MR) is 37.8 cm³/mol. The van der Waals surface area contributed by atoms with Crippen LogP contribution in [-0.4, -0.2) is 34.7 Å². The van der Waals surface area contributed by atoms with Crippen LogP contribution in [0.2, 0.25) is 0 Å². The Morgan fingerprint density at radius 1 is 1.38 bits per heavy atom. The number of hydrogen-bond acceptors (Lipinski definition) is 4. The van der Waals surface area contributed by atoms with Crippen molar-refractivity contribution >= 4 is 17.9 Å². The van der Waals surface area contributed by atoms with E-state index in [-0.39, 0.29) is 0 Å². The second-order valence-electron chi connectivity index (χ2n) is 2.57. The van der Waals surface area contributed by atoms with Gasteiger partial charge in [-0.05, 0) is 0 Å². The van der Waals surface area contributed by atoms with Crippen molar-refractivity contribution in [3.05, 3.63) is 12.2 Å². The Bertz CT molecular complexity index is 301. The minimum Gasteiger partial charge on any atom is -0.480 e. The van der Waals surface area contributed by atoms with Gasteiger partial charge in [0.2, 0.25) is 5.41 Å². The van der Waals surface area contributed by atoms with E-state index in [1.807, 2.05) is 0 Å². The van der Waals surface area contributed by atoms with Gasteiger partial charge in [-0.1, -0.05) is 6.58 Å². The molecule has 0 spiro atoms. The van der Waals surface area contributed by atoms with Crippen molar-refractivity contribution in [2.45, 2.75) is 0 Å². The van der Waals surface area contributed by atoms with E-state index in [4.69, 9.17) is 10.2 Å². The lowest BCUT2D eigenvalue weighted by Crippen LogP contribution is -2.41. The van der Waals surface area contributed by atoms with Gasteiger partial charge in [0.15, 0.2) is 0 Å². The second kappa shape index (κ2) is 2.58. The average Bonchev–Trinajstić information content (AvgIpc) is 2.30. The van der Waals surface area contributed by atoms with Gasteiger partial charge in [0.05, 0.1) is 5.57 Å². The molecule has 0 aliphatic carbocycles. The molecule has 6 heteroatoms. The largest absolute Gasteiger partial charge is 0.480 e. The van der Waals surface area contributed by atoms with Crippen LogP contribution in [0.4, 0.5) is 0 Å². The van der Waals surface area contributed by atoms with E-state index in [1.165, 1.54) is 0 Å². The van der Waals surface area contributed by atoms with Crippen LogP contribution in [0.15, 0.2) is 12.2 Å². The standard InChI is InChI=1S/C7H6O6/c1-3-4(8)13-2-7(3,5(9)10)6(11)12/h1-2H2,(H,9,10)(H,11,12). The second-order valence-corrected chi connectivity index (χ2v) is 2.57. The Morgan fingerprint density at radius 3 is 2.00 bits per heavy atom. The Morgan fingerprint density at radius 2 is 1.85 bits per heavy atom. The highest BCUT2D eigenvalue weighted by Crippen LogP contribution is 2.34. The molecule has 2 N–H and O–H groups in total. The number of rotatable bonds is 2. The maximum atomic E-state index is 10.8. The lowest BCUT2D eigenvalue weighted by molar-refractivity contribution is -0.161. The number of carbonyl (C=O) groups is 3. The Balaban J connectivity index is 3.22. The monoisotopic (exact) mass is 186 g/mol.